The molecule has 0 aliphatic carbocycles. The number of likely N-dealkylation sites (tertiary alicyclic amines) is 1. The van der Waals surface area contributed by atoms with Crippen LogP contribution >= 0.6 is 0 Å². The molecule has 0 bridgehead atoms. The zero-order chi connectivity index (χ0) is 29.1. The number of hydrogen-bond donors (Lipinski definition) is 1. The number of nitrogens with one attached hydrogen (secondary N) is 1. The van der Waals surface area contributed by atoms with Gasteiger partial charge in [-0.25, -0.2) is 9.97 Å². The molecule has 2 aliphatic rings. The number of anilines is 3. The molecule has 3 heterocycles. The normalized spacial score (nSPS) is 15.2. The third kappa shape index (κ3) is 5.54. The Labute approximate surface area is 245 Å². The molecule has 6 rings (SSSR count). The number of rotatable bonds is 9. The number of nitrogens with zero attached hydrogens (tertiary/aromatic N) is 4. The summed E-state index contributed by atoms with van der Waals surface area (Å²) in [4.78, 5) is 25.2. The summed E-state index contributed by atoms with van der Waals surface area (Å²) in [5.41, 5.74) is 4.97. The molecular weight excluding hydrogens is 530 g/mol. The van der Waals surface area contributed by atoms with E-state index in [0.717, 1.165) is 53.6 Å². The fourth-order valence-corrected chi connectivity index (χ4v) is 5.49. The van der Waals surface area contributed by atoms with Crippen molar-refractivity contribution in [2.45, 2.75) is 25.4 Å². The molecule has 0 unspecified atom stereocenters. The number of amides is 1. The quantitative estimate of drug-likeness (QED) is 0.254. The van der Waals surface area contributed by atoms with Gasteiger partial charge in [0.15, 0.2) is 11.5 Å². The Morgan fingerprint density at radius 3 is 2.43 bits per heavy atom. The second kappa shape index (κ2) is 12.0. The molecule has 0 spiro atoms. The lowest BCUT2D eigenvalue weighted by molar-refractivity contribution is -0.127. The van der Waals surface area contributed by atoms with E-state index in [1.165, 1.54) is 24.5 Å². The molecular formula is C33H35N5O4. The average molecular weight is 566 g/mol. The second-order valence-corrected chi connectivity index (χ2v) is 10.5. The van der Waals surface area contributed by atoms with Crippen molar-refractivity contribution in [3.05, 3.63) is 73.6 Å². The zero-order valence-corrected chi connectivity index (χ0v) is 24.0. The molecule has 42 heavy (non-hydrogen) atoms. The monoisotopic (exact) mass is 565 g/mol. The van der Waals surface area contributed by atoms with E-state index in [9.17, 15) is 4.79 Å². The van der Waals surface area contributed by atoms with Gasteiger partial charge < -0.3 is 29.3 Å². The van der Waals surface area contributed by atoms with Gasteiger partial charge in [-0.05, 0) is 54.0 Å². The molecule has 9 nitrogen and oxygen atoms in total. The first-order valence-electron chi connectivity index (χ1n) is 14.3. The molecule has 0 saturated carbocycles. The van der Waals surface area contributed by atoms with Crippen LogP contribution in [-0.4, -0.2) is 67.3 Å². The van der Waals surface area contributed by atoms with Crippen LogP contribution in [0.25, 0.3) is 22.0 Å². The maximum absolute atomic E-state index is 12.0. The zero-order valence-electron chi connectivity index (χ0n) is 24.0. The number of carbonyl (C=O) groups excluding carboxylic acids is 1. The summed E-state index contributed by atoms with van der Waals surface area (Å²) in [7, 11) is 3.28. The standard InChI is InChI=1S/C33H35N5O4/c1-4-32(39)38-15-11-25(12-16-38)42-31-19-26-27(20-30(31)41-3)34-21-35-33(26)36-28-18-23(9-10-29(28)40-2)22-7-5-8-24(17-22)37-13-6-14-37/h4-5,7-10,17-21,25H,1,6,11-16H2,2-3H3,(H,34,35,36). The van der Waals surface area contributed by atoms with Crippen LogP contribution in [0.3, 0.4) is 0 Å². The topological polar surface area (TPSA) is 89.1 Å². The van der Waals surface area contributed by atoms with Crippen LogP contribution in [-0.2, 0) is 4.79 Å². The van der Waals surface area contributed by atoms with Crippen molar-refractivity contribution in [1.82, 2.24) is 14.9 Å². The van der Waals surface area contributed by atoms with E-state index in [2.05, 4.69) is 63.2 Å². The van der Waals surface area contributed by atoms with Crippen molar-refractivity contribution in [1.29, 1.82) is 0 Å². The van der Waals surface area contributed by atoms with Gasteiger partial charge in [0, 0.05) is 56.2 Å². The Hall–Kier alpha value is -4.79. The highest BCUT2D eigenvalue weighted by atomic mass is 16.5. The highest BCUT2D eigenvalue weighted by Gasteiger charge is 2.24. The fourth-order valence-electron chi connectivity index (χ4n) is 5.49. The van der Waals surface area contributed by atoms with E-state index < -0.39 is 0 Å². The van der Waals surface area contributed by atoms with Gasteiger partial charge in [-0.2, -0.15) is 0 Å². The third-order valence-corrected chi connectivity index (χ3v) is 8.00. The minimum absolute atomic E-state index is 0.0462. The Balaban J connectivity index is 1.29. The first-order chi connectivity index (χ1) is 20.6. The summed E-state index contributed by atoms with van der Waals surface area (Å²) in [5.74, 6) is 2.49. The summed E-state index contributed by atoms with van der Waals surface area (Å²) in [5, 5.41) is 4.28. The molecule has 1 amide bonds. The van der Waals surface area contributed by atoms with Crippen LogP contribution in [0.15, 0.2) is 73.6 Å². The highest BCUT2D eigenvalue weighted by molar-refractivity contribution is 5.94. The molecule has 0 atom stereocenters. The lowest BCUT2D eigenvalue weighted by Crippen LogP contribution is -2.41. The van der Waals surface area contributed by atoms with Crippen LogP contribution in [0.1, 0.15) is 19.3 Å². The minimum Gasteiger partial charge on any atom is -0.495 e. The van der Waals surface area contributed by atoms with Gasteiger partial charge in [0.25, 0.3) is 0 Å². The van der Waals surface area contributed by atoms with Gasteiger partial charge in [0.2, 0.25) is 5.91 Å². The molecule has 2 fully saturated rings. The number of ether oxygens (including phenoxy) is 3. The molecule has 216 valence electrons. The van der Waals surface area contributed by atoms with Gasteiger partial charge >= 0.3 is 0 Å². The van der Waals surface area contributed by atoms with Crippen molar-refractivity contribution in [2.24, 2.45) is 0 Å². The number of aromatic nitrogens is 2. The van der Waals surface area contributed by atoms with Crippen LogP contribution in [0.2, 0.25) is 0 Å². The van der Waals surface area contributed by atoms with Gasteiger partial charge in [-0.1, -0.05) is 24.8 Å². The lowest BCUT2D eigenvalue weighted by Gasteiger charge is -2.33. The number of fused-ring (bicyclic) bond motifs is 1. The van der Waals surface area contributed by atoms with E-state index in [-0.39, 0.29) is 12.0 Å². The Morgan fingerprint density at radius 2 is 1.71 bits per heavy atom. The van der Waals surface area contributed by atoms with Gasteiger partial charge in [-0.3, -0.25) is 4.79 Å². The molecule has 4 aromatic rings. The maximum Gasteiger partial charge on any atom is 0.245 e. The maximum atomic E-state index is 12.0. The van der Waals surface area contributed by atoms with Crippen LogP contribution < -0.4 is 24.4 Å². The van der Waals surface area contributed by atoms with Crippen molar-refractivity contribution in [3.63, 3.8) is 0 Å². The summed E-state index contributed by atoms with van der Waals surface area (Å²) < 4.78 is 17.8. The Kier molecular flexibility index (Phi) is 7.81. The minimum atomic E-state index is -0.0482. The Morgan fingerprint density at radius 1 is 0.929 bits per heavy atom. The predicted octanol–water partition coefficient (Wildman–Crippen LogP) is 5.82. The first kappa shape index (κ1) is 27.4. The van der Waals surface area contributed by atoms with Gasteiger partial charge in [0.1, 0.15) is 24.0 Å². The summed E-state index contributed by atoms with van der Waals surface area (Å²) >= 11 is 0. The molecule has 0 radical (unpaired) electrons. The van der Waals surface area contributed by atoms with E-state index in [1.54, 1.807) is 19.1 Å². The Bertz CT molecular complexity index is 1610. The molecule has 2 saturated heterocycles. The summed E-state index contributed by atoms with van der Waals surface area (Å²) in [6, 6.07) is 18.5. The van der Waals surface area contributed by atoms with E-state index >= 15 is 0 Å². The molecule has 2 aliphatic heterocycles. The number of hydrogen-bond acceptors (Lipinski definition) is 8. The number of methoxy groups -OCH3 is 2. The number of piperidine rings is 1. The summed E-state index contributed by atoms with van der Waals surface area (Å²) in [6.07, 6.45) is 5.53. The first-order valence-corrected chi connectivity index (χ1v) is 14.3. The second-order valence-electron chi connectivity index (χ2n) is 10.5. The van der Waals surface area contributed by atoms with Gasteiger partial charge in [-0.15, -0.1) is 0 Å². The smallest absolute Gasteiger partial charge is 0.245 e. The lowest BCUT2D eigenvalue weighted by atomic mass is 10.0. The largest absolute Gasteiger partial charge is 0.495 e. The number of carbonyl (C=O) groups is 1. The van der Waals surface area contributed by atoms with Crippen LogP contribution in [0.5, 0.6) is 17.2 Å². The van der Waals surface area contributed by atoms with Crippen LogP contribution in [0.4, 0.5) is 17.2 Å². The SMILES string of the molecule is C=CC(=O)N1CCC(Oc2cc3c(Nc4cc(-c5cccc(N6CCC6)c5)ccc4OC)ncnc3cc2OC)CC1. The van der Waals surface area contributed by atoms with E-state index in [0.29, 0.717) is 36.2 Å². The third-order valence-electron chi connectivity index (χ3n) is 8.00. The summed E-state index contributed by atoms with van der Waals surface area (Å²) in [6.45, 7) is 7.04. The van der Waals surface area contributed by atoms with Crippen molar-refractivity contribution in [2.75, 3.05) is 50.6 Å². The van der Waals surface area contributed by atoms with Crippen molar-refractivity contribution >= 4 is 34.0 Å². The predicted molar refractivity (Wildman–Crippen MR) is 165 cm³/mol. The molecule has 9 heteroatoms. The number of benzene rings is 3. The molecule has 1 aromatic heterocycles. The van der Waals surface area contributed by atoms with E-state index in [4.69, 9.17) is 14.2 Å². The van der Waals surface area contributed by atoms with E-state index in [1.807, 2.05) is 18.2 Å². The fraction of sp³-hybridized carbons (Fsp3) is 0.303. The van der Waals surface area contributed by atoms with Crippen LogP contribution in [0, 0.1) is 0 Å². The van der Waals surface area contributed by atoms with Crippen molar-refractivity contribution < 1.29 is 19.0 Å². The highest BCUT2D eigenvalue weighted by Crippen LogP contribution is 2.39. The average Bonchev–Trinajstić information content (AvgIpc) is 3.00. The molecule has 1 N–H and O–H groups in total. The van der Waals surface area contributed by atoms with Gasteiger partial charge in [0.05, 0.1) is 25.4 Å². The van der Waals surface area contributed by atoms with Crippen molar-refractivity contribution in [3.8, 4) is 28.4 Å². The molecule has 3 aromatic carbocycles.